The maximum Gasteiger partial charge on any atom is 0.228 e. The van der Waals surface area contributed by atoms with Crippen LogP contribution in [0.3, 0.4) is 0 Å². The fourth-order valence-electron chi connectivity index (χ4n) is 9.51. The first-order chi connectivity index (χ1) is 51.3. The average molecular weight is 1270 g/mol. The Balaban J connectivity index is 0.000000173. The Labute approximate surface area is 556 Å². The summed E-state index contributed by atoms with van der Waals surface area (Å²) >= 11 is 0. The zero-order valence-corrected chi connectivity index (χ0v) is 49.5. The predicted molar refractivity (Wildman–Crippen MR) is 353 cm³/mol. The van der Waals surface area contributed by atoms with Crippen molar-refractivity contribution in [2.24, 2.45) is 0 Å². The van der Waals surface area contributed by atoms with Crippen molar-refractivity contribution in [3.8, 4) is 23.3 Å². The summed E-state index contributed by atoms with van der Waals surface area (Å²) in [5, 5.41) is 8.97. The second-order valence-corrected chi connectivity index (χ2v) is 20.3. The highest BCUT2D eigenvalue weighted by Crippen LogP contribution is 2.26. The van der Waals surface area contributed by atoms with Crippen molar-refractivity contribution in [2.75, 3.05) is 128 Å². The van der Waals surface area contributed by atoms with Crippen molar-refractivity contribution in [1.29, 1.82) is 5.26 Å². The SMILES string of the molecule is [3H]c1cc(N2CCN(c3ccccn3)CC2)cc([3H])c1CC(=O)c1c([3H])cc(OCF)cc1[3H].[3H]c1cc(OCF)cc([3H])c1C(=O)Cc1ccc(N2CC([3H])([3H])N(c3ccc(C#N)cn3)C([3H])([3H])C2)cc1.[3H]c1cc(OCF)cc([3H])c1C(=O)Cc1ccc(N2CC([3H])([3H])N(c3ccccn3)C([3H])([3H])C2)cc1. The van der Waals surface area contributed by atoms with Crippen LogP contribution in [0.2, 0.25) is 0 Å². The van der Waals surface area contributed by atoms with E-state index in [4.69, 9.17) is 27.2 Å². The number of alkyl halides is 3. The van der Waals surface area contributed by atoms with Gasteiger partial charge in [0.25, 0.3) is 0 Å². The Kier molecular flexibility index (Phi) is 16.5. The number of ketones is 3. The van der Waals surface area contributed by atoms with Gasteiger partial charge in [0.2, 0.25) is 20.6 Å². The Morgan fingerprint density at radius 1 is 0.413 bits per heavy atom. The molecule has 3 aromatic heterocycles. The molecule has 0 radical (unpaired) electrons. The molecule has 92 heavy (non-hydrogen) atoms. The van der Waals surface area contributed by atoms with Gasteiger partial charge in [-0.25, -0.2) is 28.1 Å². The van der Waals surface area contributed by atoms with Crippen LogP contribution in [0, 0.1) is 11.3 Å². The van der Waals surface area contributed by atoms with Crippen molar-refractivity contribution < 1.29 is 63.7 Å². The molecule has 0 unspecified atom stereocenters. The molecule has 6 aromatic carbocycles. The van der Waals surface area contributed by atoms with Gasteiger partial charge in [-0.1, -0.05) is 48.5 Å². The van der Waals surface area contributed by atoms with Crippen LogP contribution >= 0.6 is 0 Å². The molecule has 0 N–H and O–H groups in total. The Morgan fingerprint density at radius 2 is 0.772 bits per heavy atom. The van der Waals surface area contributed by atoms with E-state index in [9.17, 15) is 27.6 Å². The number of piperazine rings is 3. The highest BCUT2D eigenvalue weighted by molar-refractivity contribution is 5.99. The van der Waals surface area contributed by atoms with E-state index in [1.54, 1.807) is 94.9 Å². The van der Waals surface area contributed by atoms with Crippen molar-refractivity contribution in [3.63, 3.8) is 0 Å². The summed E-state index contributed by atoms with van der Waals surface area (Å²) in [4.78, 5) is 60.5. The molecule has 0 amide bonds. The summed E-state index contributed by atoms with van der Waals surface area (Å²) in [5.41, 5.74) is 3.30. The third-order valence-corrected chi connectivity index (χ3v) is 14.4. The number of hydrogen-bond acceptors (Lipinski definition) is 16. The largest absolute Gasteiger partial charge is 0.463 e. The molecule has 3 fully saturated rings. The number of anilines is 6. The fraction of sp³-hybridized carbons (Fsp3) is 0.247. The third-order valence-electron chi connectivity index (χ3n) is 14.4. The van der Waals surface area contributed by atoms with Crippen LogP contribution in [0.4, 0.5) is 47.7 Å². The first-order valence-electron chi connectivity index (χ1n) is 36.9. The van der Waals surface area contributed by atoms with Gasteiger partial charge in [-0.05, 0) is 162 Å². The molecule has 0 saturated carbocycles. The van der Waals surface area contributed by atoms with Gasteiger partial charge in [0, 0.05) is 150 Å². The standard InChI is InChI=1S/C25H23FN4O2.2C24H24FN3O2/c26-18-32-23-8-4-21(5-9-23)24(31)15-19-1-6-22(7-2-19)29-11-13-30(14-12-29)25-10-3-20(16-27)17-28-25;2*25-18-30-22-10-6-20(7-11-22)23(29)17-19-4-8-21(9-5-19)27-13-15-28(16-14-27)24-3-1-2-12-26-24/h1-10,17H,11-15,18H2;2*1-12H,13-18H2/i4T,5T,13T2,14T2;6T,7T,15T2,16T2;4T,5T,6T,7T. The Morgan fingerprint density at radius 3 is 1.13 bits per heavy atom. The van der Waals surface area contributed by atoms with E-state index in [1.807, 2.05) is 24.3 Å². The second kappa shape index (κ2) is 32.7. The first kappa shape index (κ1) is 46.4. The molecule has 0 spiro atoms. The number of aromatic nitrogens is 3. The highest BCUT2D eigenvalue weighted by atomic mass is 19.1. The van der Waals surface area contributed by atoms with Crippen LogP contribution in [0.1, 0.15) is 75.3 Å². The van der Waals surface area contributed by atoms with Gasteiger partial charge < -0.3 is 43.6 Å². The number of ether oxygens (including phenoxy) is 3. The molecule has 3 aliphatic heterocycles. The molecule has 3 saturated heterocycles. The Hall–Kier alpha value is -10.7. The normalized spacial score (nSPS) is 18.5. The fourth-order valence-corrected chi connectivity index (χ4v) is 9.51. The van der Waals surface area contributed by atoms with Crippen molar-refractivity contribution in [2.45, 2.75) is 19.3 Å². The monoisotopic (exact) mass is 1270 g/mol. The van der Waals surface area contributed by atoms with Crippen LogP contribution in [-0.4, -0.2) is 131 Å². The van der Waals surface area contributed by atoms with E-state index in [0.717, 1.165) is 34.4 Å². The van der Waals surface area contributed by atoms with Gasteiger partial charge in [-0.2, -0.15) is 5.26 Å². The minimum absolute atomic E-state index is 0.00168. The van der Waals surface area contributed by atoms with Gasteiger partial charge in [0.05, 0.1) is 27.5 Å². The Bertz CT molecular complexity index is 4620. The number of benzene rings is 6. The van der Waals surface area contributed by atoms with E-state index < -0.39 is 63.9 Å². The number of pyridine rings is 3. The summed E-state index contributed by atoms with van der Waals surface area (Å²) in [6.45, 7) is -9.23. The molecule has 16 nitrogen and oxygen atoms in total. The smallest absolute Gasteiger partial charge is 0.228 e. The number of halogens is 3. The number of hydrogen-bond donors (Lipinski definition) is 0. The lowest BCUT2D eigenvalue weighted by Gasteiger charge is -2.36. The molecule has 6 heterocycles. The van der Waals surface area contributed by atoms with E-state index in [2.05, 4.69) is 39.0 Å². The topological polar surface area (TPSA) is 161 Å². The maximum absolute atomic E-state index is 12.8. The lowest BCUT2D eigenvalue weighted by Crippen LogP contribution is -2.46. The third kappa shape index (κ3) is 18.0. The average Bonchev–Trinajstić information content (AvgIpc) is 0.751. The lowest BCUT2D eigenvalue weighted by molar-refractivity contribution is 0.0984. The molecule has 12 rings (SSSR count). The van der Waals surface area contributed by atoms with E-state index in [0.29, 0.717) is 35.6 Å². The summed E-state index contributed by atoms with van der Waals surface area (Å²) < 4.78 is 185. The van der Waals surface area contributed by atoms with Crippen LogP contribution in [0.5, 0.6) is 17.2 Å². The highest BCUT2D eigenvalue weighted by Gasteiger charge is 2.22. The van der Waals surface area contributed by atoms with E-state index in [-0.39, 0.29) is 150 Å². The zero-order valence-electron chi connectivity index (χ0n) is 65.5. The van der Waals surface area contributed by atoms with Crippen LogP contribution in [0.25, 0.3) is 0 Å². The van der Waals surface area contributed by atoms with Crippen LogP contribution in [0.15, 0.2) is 213 Å². The predicted octanol–water partition coefficient (Wildman–Crippen LogP) is 12.3. The van der Waals surface area contributed by atoms with Gasteiger partial charge in [0.1, 0.15) is 40.8 Å². The molecule has 3 aliphatic rings. The van der Waals surface area contributed by atoms with Crippen molar-refractivity contribution >= 4 is 51.9 Å². The molecule has 19 heteroatoms. The van der Waals surface area contributed by atoms with E-state index in [1.165, 1.54) is 60.9 Å². The van der Waals surface area contributed by atoms with Gasteiger partial charge in [-0.15, -0.1) is 0 Å². The first-order valence-corrected chi connectivity index (χ1v) is 28.9. The molecule has 0 bridgehead atoms. The van der Waals surface area contributed by atoms with Gasteiger partial charge >= 0.3 is 0 Å². The molecular formula is C73H71F3N10O6. The number of carbonyl (C=O) groups is 3. The van der Waals surface area contributed by atoms with Gasteiger partial charge in [-0.3, -0.25) is 14.4 Å². The molecule has 0 atom stereocenters. The molecule has 470 valence electrons. The number of nitriles is 1. The number of carbonyl (C=O) groups excluding carboxylic acids is 3. The van der Waals surface area contributed by atoms with Crippen LogP contribution < -0.4 is 43.6 Å². The molecule has 9 aromatic rings. The summed E-state index contributed by atoms with van der Waals surface area (Å²) in [5.74, 6) is -0.215. The summed E-state index contributed by atoms with van der Waals surface area (Å²) in [6, 6.07) is 38.1. The summed E-state index contributed by atoms with van der Waals surface area (Å²) in [6.07, 6.45) is 4.09. The summed E-state index contributed by atoms with van der Waals surface area (Å²) in [7, 11) is 0. The number of rotatable bonds is 21. The van der Waals surface area contributed by atoms with E-state index >= 15 is 0 Å². The zero-order chi connectivity index (χ0) is 78.0. The van der Waals surface area contributed by atoms with Gasteiger partial charge in [0.15, 0.2) is 17.3 Å². The minimum Gasteiger partial charge on any atom is -0.463 e. The van der Waals surface area contributed by atoms with Crippen LogP contribution in [-0.2, 0) is 19.3 Å². The molecular weight excluding hydrogens is 1170 g/mol. The minimum atomic E-state index is -2.13. The quantitative estimate of drug-likeness (QED) is 0.0624. The number of Topliss-reactive ketones (excluding diaryl/α,β-unsaturated/α-hetero) is 3. The second-order valence-electron chi connectivity index (χ2n) is 20.3. The lowest BCUT2D eigenvalue weighted by atomic mass is 10.0. The maximum atomic E-state index is 12.8. The number of nitrogens with zero attached hydrogens (tertiary/aromatic N) is 10. The van der Waals surface area contributed by atoms with Crippen molar-refractivity contribution in [3.05, 3.63) is 251 Å². The molecule has 0 aliphatic carbocycles. The van der Waals surface area contributed by atoms with Crippen molar-refractivity contribution in [1.82, 2.24) is 15.0 Å².